The molecule has 0 unspecified atom stereocenters. The molecule has 1 aromatic heterocycles. The summed E-state index contributed by atoms with van der Waals surface area (Å²) in [6.45, 7) is 2.37. The molecular formula is C8H14N4O. The average Bonchev–Trinajstić information content (AvgIpc) is 2.57. The molecule has 0 aliphatic carbocycles. The van der Waals surface area contributed by atoms with Crippen LogP contribution in [-0.4, -0.2) is 38.6 Å². The quantitative estimate of drug-likeness (QED) is 0.640. The molecule has 0 radical (unpaired) electrons. The van der Waals surface area contributed by atoms with Crippen LogP contribution in [-0.2, 0) is 6.54 Å². The number of nitrogens with zero attached hydrogens (tertiary/aromatic N) is 3. The molecule has 72 valence electrons. The van der Waals surface area contributed by atoms with E-state index >= 15 is 0 Å². The second-order valence-corrected chi connectivity index (χ2v) is 3.61. The minimum Gasteiger partial charge on any atom is -0.388 e. The van der Waals surface area contributed by atoms with E-state index in [2.05, 4.69) is 15.5 Å². The van der Waals surface area contributed by atoms with E-state index in [4.69, 9.17) is 0 Å². The van der Waals surface area contributed by atoms with Crippen LogP contribution in [0, 0.1) is 0 Å². The van der Waals surface area contributed by atoms with Gasteiger partial charge in [-0.25, -0.2) is 0 Å². The highest BCUT2D eigenvalue weighted by Crippen LogP contribution is 2.19. The fraction of sp³-hybridized carbons (Fsp3) is 0.750. The van der Waals surface area contributed by atoms with Crippen molar-refractivity contribution < 1.29 is 5.11 Å². The predicted molar refractivity (Wildman–Crippen MR) is 47.1 cm³/mol. The summed E-state index contributed by atoms with van der Waals surface area (Å²) in [5.41, 5.74) is -0.576. The van der Waals surface area contributed by atoms with Crippen LogP contribution < -0.4 is 5.32 Å². The molecule has 1 aliphatic heterocycles. The van der Waals surface area contributed by atoms with Gasteiger partial charge in [-0.05, 0) is 25.9 Å². The van der Waals surface area contributed by atoms with E-state index in [1.807, 2.05) is 4.57 Å². The molecule has 0 spiro atoms. The molecule has 0 saturated carbocycles. The van der Waals surface area contributed by atoms with Crippen molar-refractivity contribution in [3.8, 4) is 0 Å². The zero-order valence-electron chi connectivity index (χ0n) is 7.48. The van der Waals surface area contributed by atoms with Gasteiger partial charge in [0.25, 0.3) is 0 Å². The summed E-state index contributed by atoms with van der Waals surface area (Å²) in [6, 6.07) is 0. The predicted octanol–water partition coefficient (Wildman–Crippen LogP) is -0.607. The fourth-order valence-corrected chi connectivity index (χ4v) is 1.69. The van der Waals surface area contributed by atoms with Gasteiger partial charge in [-0.15, -0.1) is 10.2 Å². The third-order valence-electron chi connectivity index (χ3n) is 2.48. The Balaban J connectivity index is 1.99. The number of piperidine rings is 1. The molecule has 5 heteroatoms. The highest BCUT2D eigenvalue weighted by Gasteiger charge is 2.29. The standard InChI is InChI=1S/C8H14N4O/c13-8(1-3-9-4-2-8)5-12-6-10-11-7-12/h6-7,9,13H,1-5H2. The summed E-state index contributed by atoms with van der Waals surface area (Å²) in [5, 5.41) is 20.8. The number of hydrogen-bond acceptors (Lipinski definition) is 4. The van der Waals surface area contributed by atoms with Gasteiger partial charge >= 0.3 is 0 Å². The van der Waals surface area contributed by atoms with E-state index in [-0.39, 0.29) is 0 Å². The molecule has 13 heavy (non-hydrogen) atoms. The fourth-order valence-electron chi connectivity index (χ4n) is 1.69. The second-order valence-electron chi connectivity index (χ2n) is 3.61. The maximum Gasteiger partial charge on any atom is 0.119 e. The lowest BCUT2D eigenvalue weighted by Gasteiger charge is -2.32. The van der Waals surface area contributed by atoms with Crippen molar-refractivity contribution in [2.75, 3.05) is 13.1 Å². The first kappa shape index (κ1) is 8.65. The number of aromatic nitrogens is 3. The van der Waals surface area contributed by atoms with Gasteiger partial charge < -0.3 is 15.0 Å². The molecule has 2 heterocycles. The monoisotopic (exact) mass is 182 g/mol. The van der Waals surface area contributed by atoms with E-state index in [0.717, 1.165) is 25.9 Å². The lowest BCUT2D eigenvalue weighted by Crippen LogP contribution is -2.44. The Hall–Kier alpha value is -0.940. The van der Waals surface area contributed by atoms with Crippen molar-refractivity contribution >= 4 is 0 Å². The molecule has 5 nitrogen and oxygen atoms in total. The van der Waals surface area contributed by atoms with Gasteiger partial charge in [-0.2, -0.15) is 0 Å². The highest BCUT2D eigenvalue weighted by molar-refractivity contribution is 4.85. The van der Waals surface area contributed by atoms with Crippen molar-refractivity contribution in [1.29, 1.82) is 0 Å². The van der Waals surface area contributed by atoms with Crippen molar-refractivity contribution in [3.63, 3.8) is 0 Å². The van der Waals surface area contributed by atoms with Gasteiger partial charge in [0.05, 0.1) is 12.1 Å². The van der Waals surface area contributed by atoms with Crippen molar-refractivity contribution in [3.05, 3.63) is 12.7 Å². The van der Waals surface area contributed by atoms with Crippen LogP contribution in [0.4, 0.5) is 0 Å². The minimum absolute atomic E-state index is 0.576. The first-order valence-corrected chi connectivity index (χ1v) is 4.54. The Labute approximate surface area is 76.8 Å². The molecule has 1 aromatic rings. The summed E-state index contributed by atoms with van der Waals surface area (Å²) >= 11 is 0. The van der Waals surface area contributed by atoms with Crippen molar-refractivity contribution in [1.82, 2.24) is 20.1 Å². The van der Waals surface area contributed by atoms with E-state index in [0.29, 0.717) is 6.54 Å². The summed E-state index contributed by atoms with van der Waals surface area (Å²) in [6.07, 6.45) is 4.87. The third-order valence-corrected chi connectivity index (χ3v) is 2.48. The third kappa shape index (κ3) is 2.05. The smallest absolute Gasteiger partial charge is 0.119 e. The zero-order chi connectivity index (χ0) is 9.15. The molecule has 0 bridgehead atoms. The number of rotatable bonds is 2. The summed E-state index contributed by atoms with van der Waals surface area (Å²) < 4.78 is 1.82. The second kappa shape index (κ2) is 3.43. The van der Waals surface area contributed by atoms with E-state index in [9.17, 15) is 5.11 Å². The van der Waals surface area contributed by atoms with Crippen LogP contribution in [0.3, 0.4) is 0 Å². The Kier molecular flexibility index (Phi) is 2.28. The first-order chi connectivity index (χ1) is 6.29. The lowest BCUT2D eigenvalue weighted by molar-refractivity contribution is -0.00545. The molecule has 2 N–H and O–H groups in total. The van der Waals surface area contributed by atoms with Crippen LogP contribution in [0.25, 0.3) is 0 Å². The largest absolute Gasteiger partial charge is 0.388 e. The molecule has 0 atom stereocenters. The van der Waals surface area contributed by atoms with Crippen LogP contribution in [0.15, 0.2) is 12.7 Å². The van der Waals surface area contributed by atoms with Crippen LogP contribution >= 0.6 is 0 Å². The Morgan fingerprint density at radius 1 is 1.31 bits per heavy atom. The van der Waals surface area contributed by atoms with E-state index < -0.39 is 5.60 Å². The number of hydrogen-bond donors (Lipinski definition) is 2. The number of nitrogens with one attached hydrogen (secondary N) is 1. The molecule has 1 aliphatic rings. The van der Waals surface area contributed by atoms with Gasteiger partial charge in [0.2, 0.25) is 0 Å². The van der Waals surface area contributed by atoms with Crippen LogP contribution in [0.1, 0.15) is 12.8 Å². The molecule has 2 rings (SSSR count). The van der Waals surface area contributed by atoms with Crippen LogP contribution in [0.2, 0.25) is 0 Å². The van der Waals surface area contributed by atoms with Crippen LogP contribution in [0.5, 0.6) is 0 Å². The normalized spacial score (nSPS) is 21.6. The molecule has 1 saturated heterocycles. The topological polar surface area (TPSA) is 63.0 Å². The van der Waals surface area contributed by atoms with Gasteiger partial charge in [0.15, 0.2) is 0 Å². The average molecular weight is 182 g/mol. The Bertz CT molecular complexity index is 253. The SMILES string of the molecule is OC1(Cn2cnnc2)CCNCC1. The summed E-state index contributed by atoms with van der Waals surface area (Å²) in [7, 11) is 0. The summed E-state index contributed by atoms with van der Waals surface area (Å²) in [5.74, 6) is 0. The maximum atomic E-state index is 10.1. The van der Waals surface area contributed by atoms with Gasteiger partial charge in [0.1, 0.15) is 12.7 Å². The molecule has 0 aromatic carbocycles. The molecule has 0 amide bonds. The zero-order valence-corrected chi connectivity index (χ0v) is 7.48. The maximum absolute atomic E-state index is 10.1. The molecule has 1 fully saturated rings. The van der Waals surface area contributed by atoms with Gasteiger partial charge in [-0.1, -0.05) is 0 Å². The highest BCUT2D eigenvalue weighted by atomic mass is 16.3. The van der Waals surface area contributed by atoms with Gasteiger partial charge in [-0.3, -0.25) is 0 Å². The Morgan fingerprint density at radius 2 is 1.92 bits per heavy atom. The van der Waals surface area contributed by atoms with Crippen molar-refractivity contribution in [2.24, 2.45) is 0 Å². The van der Waals surface area contributed by atoms with Crippen molar-refractivity contribution in [2.45, 2.75) is 25.0 Å². The summed E-state index contributed by atoms with van der Waals surface area (Å²) in [4.78, 5) is 0. The first-order valence-electron chi connectivity index (χ1n) is 4.54. The lowest BCUT2D eigenvalue weighted by atomic mass is 9.92. The van der Waals surface area contributed by atoms with E-state index in [1.54, 1.807) is 12.7 Å². The van der Waals surface area contributed by atoms with E-state index in [1.165, 1.54) is 0 Å². The Morgan fingerprint density at radius 3 is 2.54 bits per heavy atom. The molecular weight excluding hydrogens is 168 g/mol. The van der Waals surface area contributed by atoms with Gasteiger partial charge in [0, 0.05) is 0 Å². The number of aliphatic hydroxyl groups is 1. The minimum atomic E-state index is -0.576.